The molecule has 0 spiro atoms. The summed E-state index contributed by atoms with van der Waals surface area (Å²) in [6.07, 6.45) is 0. The van der Waals surface area contributed by atoms with E-state index in [1.165, 1.54) is 0 Å². The van der Waals surface area contributed by atoms with E-state index >= 15 is 0 Å². The first-order valence-electron chi connectivity index (χ1n) is 4.67. The molecule has 6 heteroatoms. The van der Waals surface area contributed by atoms with E-state index < -0.39 is 0 Å². The van der Waals surface area contributed by atoms with Crippen LogP contribution in [-0.4, -0.2) is 24.9 Å². The molecule has 90 valence electrons. The maximum atomic E-state index is 9.97. The lowest BCUT2D eigenvalue weighted by atomic mass is 10.1. The van der Waals surface area contributed by atoms with Crippen LogP contribution in [0, 0.1) is 7.14 Å². The topological polar surface area (TPSA) is 41.5 Å². The summed E-state index contributed by atoms with van der Waals surface area (Å²) < 4.78 is 7.42. The molecule has 0 amide bonds. The van der Waals surface area contributed by atoms with E-state index in [9.17, 15) is 5.11 Å². The van der Waals surface area contributed by atoms with Crippen molar-refractivity contribution in [2.75, 3.05) is 19.8 Å². The Kier molecular flexibility index (Phi) is 6.06. The quantitative estimate of drug-likeness (QED) is 0.625. The van der Waals surface area contributed by atoms with E-state index in [-0.39, 0.29) is 18.4 Å². The molecule has 1 atom stereocenters. The molecule has 0 aliphatic carbocycles. The van der Waals surface area contributed by atoms with Gasteiger partial charge in [-0.1, -0.05) is 0 Å². The summed E-state index contributed by atoms with van der Waals surface area (Å²) in [7, 11) is 0. The molecule has 1 saturated heterocycles. The Morgan fingerprint density at radius 2 is 2.12 bits per heavy atom. The standard InChI is InChI=1S/C10H11I2NO2.ClH/c11-6-3-7(10(14)8(12)4-6)9-5-15-2-1-13-9;/h3-4,9,13-14H,1-2,5H2;1H/t9-;/m1./s1. The maximum Gasteiger partial charge on any atom is 0.133 e. The van der Waals surface area contributed by atoms with Crippen LogP contribution in [0.15, 0.2) is 12.1 Å². The fourth-order valence-electron chi connectivity index (χ4n) is 1.62. The molecular weight excluding hydrogens is 455 g/mol. The molecular formula is C10H12ClI2NO2. The number of phenolic OH excluding ortho intramolecular Hbond substituents is 1. The first-order chi connectivity index (χ1) is 7.18. The van der Waals surface area contributed by atoms with Crippen LogP contribution in [-0.2, 0) is 4.74 Å². The molecule has 16 heavy (non-hydrogen) atoms. The monoisotopic (exact) mass is 467 g/mol. The van der Waals surface area contributed by atoms with Crippen molar-refractivity contribution < 1.29 is 9.84 Å². The number of phenols is 1. The Morgan fingerprint density at radius 3 is 2.75 bits per heavy atom. The number of aromatic hydroxyl groups is 1. The van der Waals surface area contributed by atoms with E-state index in [0.29, 0.717) is 12.4 Å². The number of morpholine rings is 1. The third-order valence-electron chi connectivity index (χ3n) is 2.35. The van der Waals surface area contributed by atoms with Crippen molar-refractivity contribution in [1.29, 1.82) is 0 Å². The van der Waals surface area contributed by atoms with Gasteiger partial charge in [-0.2, -0.15) is 0 Å². The Bertz CT molecular complexity index is 370. The van der Waals surface area contributed by atoms with E-state index in [1.54, 1.807) is 0 Å². The van der Waals surface area contributed by atoms with E-state index in [0.717, 1.165) is 25.9 Å². The number of halogens is 3. The molecule has 1 heterocycles. The molecule has 1 aromatic rings. The minimum absolute atomic E-state index is 0. The van der Waals surface area contributed by atoms with Crippen LogP contribution in [0.4, 0.5) is 0 Å². The van der Waals surface area contributed by atoms with Crippen LogP contribution in [0.2, 0.25) is 0 Å². The number of nitrogens with one attached hydrogen (secondary N) is 1. The van der Waals surface area contributed by atoms with Gasteiger partial charge in [0.2, 0.25) is 0 Å². The summed E-state index contributed by atoms with van der Waals surface area (Å²) in [6, 6.07) is 4.08. The SMILES string of the molecule is Cl.Oc1c(I)cc(I)cc1[C@H]1COCCN1. The average molecular weight is 467 g/mol. The van der Waals surface area contributed by atoms with Crippen molar-refractivity contribution in [2.24, 2.45) is 0 Å². The Hall–Kier alpha value is 0.690. The van der Waals surface area contributed by atoms with E-state index in [4.69, 9.17) is 4.74 Å². The van der Waals surface area contributed by atoms with Gasteiger partial charge in [-0.25, -0.2) is 0 Å². The fraction of sp³-hybridized carbons (Fsp3) is 0.400. The third-order valence-corrected chi connectivity index (χ3v) is 3.80. The maximum absolute atomic E-state index is 9.97. The van der Waals surface area contributed by atoms with E-state index in [2.05, 4.69) is 50.5 Å². The number of hydrogen-bond donors (Lipinski definition) is 2. The smallest absolute Gasteiger partial charge is 0.133 e. The highest BCUT2D eigenvalue weighted by Gasteiger charge is 2.20. The number of benzene rings is 1. The zero-order chi connectivity index (χ0) is 10.8. The third kappa shape index (κ3) is 3.34. The Morgan fingerprint density at radius 1 is 1.38 bits per heavy atom. The van der Waals surface area contributed by atoms with Gasteiger partial charge in [0.1, 0.15) is 5.75 Å². The van der Waals surface area contributed by atoms with Gasteiger partial charge in [-0.3, -0.25) is 0 Å². The van der Waals surface area contributed by atoms with Crippen LogP contribution in [0.5, 0.6) is 5.75 Å². The minimum Gasteiger partial charge on any atom is -0.506 e. The molecule has 1 fully saturated rings. The van der Waals surface area contributed by atoms with Gasteiger partial charge >= 0.3 is 0 Å². The van der Waals surface area contributed by atoms with Crippen LogP contribution >= 0.6 is 57.6 Å². The highest BCUT2D eigenvalue weighted by atomic mass is 127. The number of rotatable bonds is 1. The van der Waals surface area contributed by atoms with Gasteiger partial charge in [-0.05, 0) is 57.3 Å². The highest BCUT2D eigenvalue weighted by molar-refractivity contribution is 14.1. The zero-order valence-electron chi connectivity index (χ0n) is 8.37. The summed E-state index contributed by atoms with van der Waals surface area (Å²) >= 11 is 4.41. The van der Waals surface area contributed by atoms with Crippen molar-refractivity contribution in [3.05, 3.63) is 24.8 Å². The minimum atomic E-state index is 0. The Balaban J connectivity index is 0.00000128. The fourth-order valence-corrected chi connectivity index (χ4v) is 3.51. The zero-order valence-corrected chi connectivity index (χ0v) is 13.5. The van der Waals surface area contributed by atoms with Gasteiger partial charge in [0.25, 0.3) is 0 Å². The summed E-state index contributed by atoms with van der Waals surface area (Å²) in [6.45, 7) is 2.22. The van der Waals surface area contributed by atoms with Gasteiger partial charge in [-0.15, -0.1) is 12.4 Å². The average Bonchev–Trinajstić information content (AvgIpc) is 2.24. The van der Waals surface area contributed by atoms with Gasteiger partial charge < -0.3 is 15.2 Å². The van der Waals surface area contributed by atoms with Gasteiger partial charge in [0, 0.05) is 15.7 Å². The highest BCUT2D eigenvalue weighted by Crippen LogP contribution is 2.32. The largest absolute Gasteiger partial charge is 0.506 e. The Labute approximate surface area is 128 Å². The normalized spacial score (nSPS) is 20.2. The molecule has 1 aromatic carbocycles. The van der Waals surface area contributed by atoms with Gasteiger partial charge in [0.15, 0.2) is 0 Å². The van der Waals surface area contributed by atoms with Crippen molar-refractivity contribution in [1.82, 2.24) is 5.32 Å². The lowest BCUT2D eigenvalue weighted by molar-refractivity contribution is 0.0760. The van der Waals surface area contributed by atoms with Crippen LogP contribution in [0.25, 0.3) is 0 Å². The van der Waals surface area contributed by atoms with Crippen molar-refractivity contribution in [2.45, 2.75) is 6.04 Å². The van der Waals surface area contributed by atoms with Crippen LogP contribution in [0.3, 0.4) is 0 Å². The molecule has 1 aliphatic heterocycles. The second-order valence-electron chi connectivity index (χ2n) is 3.41. The first-order valence-corrected chi connectivity index (χ1v) is 6.83. The molecule has 1 aliphatic rings. The predicted molar refractivity (Wildman–Crippen MR) is 82.4 cm³/mol. The van der Waals surface area contributed by atoms with Crippen molar-refractivity contribution >= 4 is 57.6 Å². The summed E-state index contributed by atoms with van der Waals surface area (Å²) in [4.78, 5) is 0. The molecule has 0 unspecified atom stereocenters. The van der Waals surface area contributed by atoms with Crippen molar-refractivity contribution in [3.63, 3.8) is 0 Å². The van der Waals surface area contributed by atoms with Crippen LogP contribution < -0.4 is 5.32 Å². The van der Waals surface area contributed by atoms with Crippen LogP contribution in [0.1, 0.15) is 11.6 Å². The summed E-state index contributed by atoms with van der Waals surface area (Å²) in [5, 5.41) is 13.3. The second-order valence-corrected chi connectivity index (χ2v) is 5.81. The number of hydrogen-bond acceptors (Lipinski definition) is 3. The lowest BCUT2D eigenvalue weighted by Crippen LogP contribution is -2.34. The number of ether oxygens (including phenoxy) is 1. The summed E-state index contributed by atoms with van der Waals surface area (Å²) in [5.74, 6) is 0.374. The first kappa shape index (κ1) is 14.7. The lowest BCUT2D eigenvalue weighted by Gasteiger charge is -2.25. The van der Waals surface area contributed by atoms with Crippen molar-refractivity contribution in [3.8, 4) is 5.75 Å². The van der Waals surface area contributed by atoms with Gasteiger partial charge in [0.05, 0.1) is 22.8 Å². The second kappa shape index (κ2) is 6.58. The molecule has 2 N–H and O–H groups in total. The summed E-state index contributed by atoms with van der Waals surface area (Å²) in [5.41, 5.74) is 0.936. The molecule has 2 rings (SSSR count). The molecule has 0 radical (unpaired) electrons. The van der Waals surface area contributed by atoms with E-state index in [1.807, 2.05) is 12.1 Å². The predicted octanol–water partition coefficient (Wildman–Crippen LogP) is 2.68. The molecule has 0 bridgehead atoms. The molecule has 0 saturated carbocycles. The molecule has 0 aromatic heterocycles. The molecule has 3 nitrogen and oxygen atoms in total.